The molecule has 1 nitrogen and oxygen atoms in total. The highest BCUT2D eigenvalue weighted by atomic mass is 32.2. The van der Waals surface area contributed by atoms with Gasteiger partial charge in [-0.2, -0.15) is 8.78 Å². The number of halogens is 2. The molecule has 0 aliphatic carbocycles. The van der Waals surface area contributed by atoms with Gasteiger partial charge in [0.2, 0.25) is 0 Å². The molecule has 0 saturated heterocycles. The largest absolute Gasteiger partial charge is 0.325 e. The van der Waals surface area contributed by atoms with Crippen LogP contribution >= 0.6 is 11.8 Å². The van der Waals surface area contributed by atoms with E-state index >= 15 is 0 Å². The first-order valence-corrected chi connectivity index (χ1v) is 5.57. The van der Waals surface area contributed by atoms with Crippen molar-refractivity contribution in [2.24, 2.45) is 5.73 Å². The first-order chi connectivity index (χ1) is 6.87. The molecule has 0 bridgehead atoms. The maximum absolute atomic E-state index is 12.1. The Labute approximate surface area is 93.1 Å². The van der Waals surface area contributed by atoms with Crippen LogP contribution in [-0.2, 0) is 6.42 Å². The van der Waals surface area contributed by atoms with Crippen LogP contribution in [0.4, 0.5) is 8.78 Å². The Hall–Kier alpha value is -0.610. The summed E-state index contributed by atoms with van der Waals surface area (Å²) in [5.74, 6) is -2.37. The van der Waals surface area contributed by atoms with E-state index in [9.17, 15) is 8.78 Å². The van der Waals surface area contributed by atoms with Crippen LogP contribution in [0.3, 0.4) is 0 Å². The molecule has 0 radical (unpaired) electrons. The van der Waals surface area contributed by atoms with Crippen LogP contribution in [-0.4, -0.2) is 11.3 Å². The van der Waals surface area contributed by atoms with Crippen molar-refractivity contribution >= 4 is 11.8 Å². The molecule has 0 saturated carbocycles. The smallest absolute Gasteiger partial charge is 0.288 e. The fourth-order valence-corrected chi connectivity index (χ4v) is 1.94. The first-order valence-electron chi connectivity index (χ1n) is 4.69. The van der Waals surface area contributed by atoms with E-state index < -0.39 is 5.76 Å². The molecule has 2 N–H and O–H groups in total. The molecule has 0 spiro atoms. The normalized spacial score (nSPS) is 12.1. The Morgan fingerprint density at radius 2 is 2.07 bits per heavy atom. The average molecular weight is 231 g/mol. The molecule has 0 aliphatic heterocycles. The number of rotatable bonds is 4. The van der Waals surface area contributed by atoms with Gasteiger partial charge < -0.3 is 5.73 Å². The van der Waals surface area contributed by atoms with Gasteiger partial charge in [-0.3, -0.25) is 0 Å². The van der Waals surface area contributed by atoms with Crippen molar-refractivity contribution in [2.45, 2.75) is 36.5 Å². The van der Waals surface area contributed by atoms with Gasteiger partial charge in [0, 0.05) is 10.4 Å². The first kappa shape index (κ1) is 12.5. The molecule has 1 aromatic rings. The highest BCUT2D eigenvalue weighted by Crippen LogP contribution is 2.26. The number of benzene rings is 1. The van der Waals surface area contributed by atoms with Crippen LogP contribution < -0.4 is 5.73 Å². The lowest BCUT2D eigenvalue weighted by molar-refractivity contribution is 0.252. The third-order valence-corrected chi connectivity index (χ3v) is 2.49. The van der Waals surface area contributed by atoms with E-state index in [1.54, 1.807) is 18.2 Å². The molecule has 0 amide bonds. The molecular formula is C11H15F2NS. The summed E-state index contributed by atoms with van der Waals surface area (Å²) < 4.78 is 24.3. The van der Waals surface area contributed by atoms with Gasteiger partial charge in [-0.15, -0.1) is 0 Å². The zero-order chi connectivity index (χ0) is 11.5. The number of nitrogens with two attached hydrogens (primary N) is 1. The maximum atomic E-state index is 12.1. The Morgan fingerprint density at radius 1 is 1.40 bits per heavy atom. The van der Waals surface area contributed by atoms with Gasteiger partial charge in [0.25, 0.3) is 5.76 Å². The van der Waals surface area contributed by atoms with E-state index in [1.165, 1.54) is 0 Å². The van der Waals surface area contributed by atoms with E-state index in [2.05, 4.69) is 0 Å². The summed E-state index contributed by atoms with van der Waals surface area (Å²) in [7, 11) is 0. The van der Waals surface area contributed by atoms with Crippen LogP contribution in [0.25, 0.3) is 0 Å². The fourth-order valence-electron chi connectivity index (χ4n) is 1.36. The molecule has 0 aromatic heterocycles. The summed E-state index contributed by atoms with van der Waals surface area (Å²) in [5, 5.41) is 0. The molecule has 84 valence electrons. The van der Waals surface area contributed by atoms with E-state index in [4.69, 9.17) is 5.73 Å². The molecule has 0 unspecified atom stereocenters. The third kappa shape index (κ3) is 5.14. The van der Waals surface area contributed by atoms with Gasteiger partial charge in [-0.05, 0) is 38.0 Å². The SMILES string of the molecule is CC(C)(N)Cc1cccc(SC(F)F)c1. The number of alkyl halides is 2. The second-order valence-electron chi connectivity index (χ2n) is 4.19. The Bertz CT molecular complexity index is 321. The Balaban J connectivity index is 2.74. The molecule has 1 rings (SSSR count). The van der Waals surface area contributed by atoms with Crippen molar-refractivity contribution in [3.05, 3.63) is 29.8 Å². The van der Waals surface area contributed by atoms with Gasteiger partial charge in [-0.1, -0.05) is 23.9 Å². The van der Waals surface area contributed by atoms with Crippen molar-refractivity contribution < 1.29 is 8.78 Å². The Kier molecular flexibility index (Phi) is 4.11. The highest BCUT2D eigenvalue weighted by Gasteiger charge is 2.12. The van der Waals surface area contributed by atoms with Gasteiger partial charge >= 0.3 is 0 Å². The standard InChI is InChI=1S/C11H15F2NS/c1-11(2,14)7-8-4-3-5-9(6-8)15-10(12)13/h3-6,10H,7,14H2,1-2H3. The maximum Gasteiger partial charge on any atom is 0.288 e. The van der Waals surface area contributed by atoms with Gasteiger partial charge in [-0.25, -0.2) is 0 Å². The van der Waals surface area contributed by atoms with Crippen molar-refractivity contribution in [1.29, 1.82) is 0 Å². The minimum absolute atomic E-state index is 0.311. The molecule has 4 heteroatoms. The fraction of sp³-hybridized carbons (Fsp3) is 0.455. The minimum atomic E-state index is -2.37. The van der Waals surface area contributed by atoms with E-state index in [0.29, 0.717) is 23.1 Å². The molecule has 0 heterocycles. The molecule has 0 fully saturated rings. The number of thioether (sulfide) groups is 1. The van der Waals surface area contributed by atoms with Crippen LogP contribution in [0.1, 0.15) is 19.4 Å². The lowest BCUT2D eigenvalue weighted by atomic mass is 9.96. The average Bonchev–Trinajstić information content (AvgIpc) is 1.99. The molecule has 1 aromatic carbocycles. The molecular weight excluding hydrogens is 216 g/mol. The van der Waals surface area contributed by atoms with Gasteiger partial charge in [0.05, 0.1) is 0 Å². The summed E-state index contributed by atoms with van der Waals surface area (Å²) in [6.45, 7) is 3.83. The molecule has 0 aliphatic rings. The summed E-state index contributed by atoms with van der Waals surface area (Å²) in [6.07, 6.45) is 0.685. The predicted molar refractivity (Wildman–Crippen MR) is 60.3 cm³/mol. The van der Waals surface area contributed by atoms with E-state index in [-0.39, 0.29) is 5.54 Å². The summed E-state index contributed by atoms with van der Waals surface area (Å²) in [6, 6.07) is 7.14. The van der Waals surface area contributed by atoms with Gasteiger partial charge in [0.1, 0.15) is 0 Å². The molecule has 0 atom stereocenters. The quantitative estimate of drug-likeness (QED) is 0.805. The van der Waals surface area contributed by atoms with Crippen LogP contribution in [0.2, 0.25) is 0 Å². The van der Waals surface area contributed by atoms with Gasteiger partial charge in [0.15, 0.2) is 0 Å². The van der Waals surface area contributed by atoms with Crippen molar-refractivity contribution in [3.63, 3.8) is 0 Å². The van der Waals surface area contributed by atoms with Crippen LogP contribution in [0.5, 0.6) is 0 Å². The number of hydrogen-bond donors (Lipinski definition) is 1. The van der Waals surface area contributed by atoms with Crippen molar-refractivity contribution in [3.8, 4) is 0 Å². The monoisotopic (exact) mass is 231 g/mol. The second kappa shape index (κ2) is 4.94. The van der Waals surface area contributed by atoms with E-state index in [1.807, 2.05) is 19.9 Å². The predicted octanol–water partition coefficient (Wildman–Crippen LogP) is 3.28. The van der Waals surface area contributed by atoms with Crippen molar-refractivity contribution in [2.75, 3.05) is 0 Å². The highest BCUT2D eigenvalue weighted by molar-refractivity contribution is 7.99. The third-order valence-electron chi connectivity index (χ3n) is 1.78. The molecule has 15 heavy (non-hydrogen) atoms. The zero-order valence-corrected chi connectivity index (χ0v) is 9.65. The zero-order valence-electron chi connectivity index (χ0n) is 8.84. The Morgan fingerprint density at radius 3 is 2.60 bits per heavy atom. The summed E-state index contributed by atoms with van der Waals surface area (Å²) >= 11 is 0.564. The summed E-state index contributed by atoms with van der Waals surface area (Å²) in [4.78, 5) is 0.590. The topological polar surface area (TPSA) is 26.0 Å². The minimum Gasteiger partial charge on any atom is -0.325 e. The van der Waals surface area contributed by atoms with E-state index in [0.717, 1.165) is 5.56 Å². The van der Waals surface area contributed by atoms with Crippen LogP contribution in [0.15, 0.2) is 29.2 Å². The van der Waals surface area contributed by atoms with Crippen LogP contribution in [0, 0.1) is 0 Å². The lowest BCUT2D eigenvalue weighted by Crippen LogP contribution is -2.34. The second-order valence-corrected chi connectivity index (χ2v) is 5.25. The lowest BCUT2D eigenvalue weighted by Gasteiger charge is -2.18. The number of hydrogen-bond acceptors (Lipinski definition) is 2. The van der Waals surface area contributed by atoms with Crippen molar-refractivity contribution in [1.82, 2.24) is 0 Å². The summed E-state index contributed by atoms with van der Waals surface area (Å²) in [5.41, 5.74) is 6.55.